The Morgan fingerprint density at radius 2 is 1.67 bits per heavy atom. The number of hydrogen-bond donors (Lipinski definition) is 1. The van der Waals surface area contributed by atoms with E-state index in [9.17, 15) is 13.2 Å². The molecule has 0 radical (unpaired) electrons. The number of nitrogens with one attached hydrogen (secondary N) is 1. The van der Waals surface area contributed by atoms with Crippen molar-refractivity contribution in [1.29, 1.82) is 0 Å². The average Bonchev–Trinajstić information content (AvgIpc) is 3.27. The molecule has 3 aromatic rings. The van der Waals surface area contributed by atoms with Gasteiger partial charge in [0.25, 0.3) is 0 Å². The van der Waals surface area contributed by atoms with Gasteiger partial charge in [-0.1, -0.05) is 56.3 Å². The first-order chi connectivity index (χ1) is 15.6. The van der Waals surface area contributed by atoms with Crippen molar-refractivity contribution in [3.05, 3.63) is 60.2 Å². The van der Waals surface area contributed by atoms with E-state index in [1.54, 1.807) is 31.3 Å². The molecule has 0 spiro atoms. The molecule has 33 heavy (non-hydrogen) atoms. The molecule has 1 atom stereocenters. The van der Waals surface area contributed by atoms with Crippen molar-refractivity contribution in [2.45, 2.75) is 51.2 Å². The zero-order chi connectivity index (χ0) is 24.2. The molecule has 0 saturated carbocycles. The molecule has 176 valence electrons. The fraction of sp³-hybridized carbons (Fsp3) is 0.391. The van der Waals surface area contributed by atoms with Gasteiger partial charge in [-0.25, -0.2) is 8.42 Å². The topological polar surface area (TPSA) is 110 Å². The van der Waals surface area contributed by atoms with E-state index in [1.807, 2.05) is 58.0 Å². The van der Waals surface area contributed by atoms with Crippen LogP contribution >= 0.6 is 0 Å². The summed E-state index contributed by atoms with van der Waals surface area (Å²) in [6.45, 7) is 7.72. The number of carbonyl (C=O) groups is 1. The first-order valence-corrected chi connectivity index (χ1v) is 12.2. The Bertz CT molecular complexity index is 1170. The van der Waals surface area contributed by atoms with Crippen LogP contribution in [-0.4, -0.2) is 51.9 Å². The van der Waals surface area contributed by atoms with Crippen molar-refractivity contribution in [3.63, 3.8) is 0 Å². The maximum Gasteiger partial charge on any atom is 0.247 e. The molecule has 0 aliphatic carbocycles. The van der Waals surface area contributed by atoms with Crippen LogP contribution in [0.5, 0.6) is 0 Å². The molecule has 1 amide bonds. The Kier molecular flexibility index (Phi) is 7.60. The number of amides is 1. The number of benzene rings is 2. The Hall–Kier alpha value is -3.11. The molecule has 0 aliphatic heterocycles. The number of nitrogens with zero attached hydrogens (tertiary/aromatic N) is 5. The summed E-state index contributed by atoms with van der Waals surface area (Å²) in [5, 5.41) is 15.5. The van der Waals surface area contributed by atoms with Crippen molar-refractivity contribution in [3.8, 4) is 11.4 Å². The quantitative estimate of drug-likeness (QED) is 0.515. The van der Waals surface area contributed by atoms with Crippen LogP contribution in [0, 0.1) is 5.92 Å². The highest BCUT2D eigenvalue weighted by molar-refractivity contribution is 7.89. The summed E-state index contributed by atoms with van der Waals surface area (Å²) in [4.78, 5) is 14.5. The van der Waals surface area contributed by atoms with Crippen molar-refractivity contribution < 1.29 is 13.2 Å². The van der Waals surface area contributed by atoms with Crippen LogP contribution < -0.4 is 5.32 Å². The maximum atomic E-state index is 13.0. The van der Waals surface area contributed by atoms with E-state index in [0.29, 0.717) is 5.82 Å². The van der Waals surface area contributed by atoms with Crippen molar-refractivity contribution >= 4 is 15.9 Å². The van der Waals surface area contributed by atoms with E-state index in [1.165, 1.54) is 9.10 Å². The lowest BCUT2D eigenvalue weighted by atomic mass is 10.0. The number of tetrazole rings is 1. The van der Waals surface area contributed by atoms with E-state index in [0.717, 1.165) is 11.1 Å². The van der Waals surface area contributed by atoms with Crippen LogP contribution in [0.25, 0.3) is 11.4 Å². The van der Waals surface area contributed by atoms with Gasteiger partial charge in [0.1, 0.15) is 0 Å². The van der Waals surface area contributed by atoms with E-state index in [-0.39, 0.29) is 29.3 Å². The minimum absolute atomic E-state index is 0.0677. The summed E-state index contributed by atoms with van der Waals surface area (Å²) >= 11 is 0. The van der Waals surface area contributed by atoms with Crippen LogP contribution in [0.15, 0.2) is 59.5 Å². The Balaban J connectivity index is 1.69. The molecular formula is C23H30N6O3S. The van der Waals surface area contributed by atoms with Gasteiger partial charge in [-0.2, -0.15) is 9.10 Å². The normalized spacial score (nSPS) is 13.0. The predicted octanol–water partition coefficient (Wildman–Crippen LogP) is 2.88. The zero-order valence-electron chi connectivity index (χ0n) is 19.5. The highest BCUT2D eigenvalue weighted by Crippen LogP contribution is 2.20. The highest BCUT2D eigenvalue weighted by atomic mass is 32.2. The van der Waals surface area contributed by atoms with Crippen LogP contribution in [0.3, 0.4) is 0 Å². The second kappa shape index (κ2) is 10.2. The number of aromatic nitrogens is 4. The van der Waals surface area contributed by atoms with Crippen molar-refractivity contribution in [2.75, 3.05) is 7.05 Å². The summed E-state index contributed by atoms with van der Waals surface area (Å²) in [7, 11) is -1.99. The minimum Gasteiger partial charge on any atom is -0.350 e. The molecule has 2 aromatic carbocycles. The number of sulfonamides is 1. The van der Waals surface area contributed by atoms with Gasteiger partial charge in [0.15, 0.2) is 6.04 Å². The second-order valence-electron chi connectivity index (χ2n) is 8.47. The third-order valence-electron chi connectivity index (χ3n) is 5.40. The van der Waals surface area contributed by atoms with Gasteiger partial charge < -0.3 is 5.32 Å². The fourth-order valence-corrected chi connectivity index (χ4v) is 4.60. The largest absolute Gasteiger partial charge is 0.350 e. The van der Waals surface area contributed by atoms with Gasteiger partial charge in [-0.3, -0.25) is 4.79 Å². The van der Waals surface area contributed by atoms with Gasteiger partial charge in [0, 0.05) is 25.2 Å². The summed E-state index contributed by atoms with van der Waals surface area (Å²) < 4.78 is 26.5. The Labute approximate surface area is 194 Å². The lowest BCUT2D eigenvalue weighted by molar-refractivity contribution is -0.126. The van der Waals surface area contributed by atoms with Crippen molar-refractivity contribution in [2.24, 2.45) is 5.92 Å². The molecule has 9 nitrogen and oxygen atoms in total. The molecule has 1 unspecified atom stereocenters. The van der Waals surface area contributed by atoms with Gasteiger partial charge >= 0.3 is 0 Å². The first kappa shape index (κ1) is 24.5. The molecule has 1 heterocycles. The zero-order valence-corrected chi connectivity index (χ0v) is 20.3. The molecule has 0 aliphatic rings. The molecule has 0 fully saturated rings. The van der Waals surface area contributed by atoms with Gasteiger partial charge in [0.05, 0.1) is 4.90 Å². The third-order valence-corrected chi connectivity index (χ3v) is 7.45. The molecule has 3 rings (SSSR count). The highest BCUT2D eigenvalue weighted by Gasteiger charge is 2.27. The Morgan fingerprint density at radius 1 is 1.03 bits per heavy atom. The molecule has 0 saturated heterocycles. The molecule has 0 bridgehead atoms. The third kappa shape index (κ3) is 5.63. The summed E-state index contributed by atoms with van der Waals surface area (Å²) in [5.41, 5.74) is 1.61. The summed E-state index contributed by atoms with van der Waals surface area (Å²) in [5.74, 6) is 0.150. The van der Waals surface area contributed by atoms with Gasteiger partial charge in [0.2, 0.25) is 21.8 Å². The van der Waals surface area contributed by atoms with E-state index < -0.39 is 16.1 Å². The monoisotopic (exact) mass is 470 g/mol. The van der Waals surface area contributed by atoms with Crippen LogP contribution in [0.2, 0.25) is 0 Å². The standard InChI is InChI=1S/C23H30N6O3S/c1-16(2)21(29-26-22(25-27-29)19-9-7-6-8-10-19)23(30)24-15-18-11-13-20(14-12-18)33(31,32)28(5)17(3)4/h6-14,16-17,21H,15H2,1-5H3,(H,24,30). The molecule has 1 aromatic heterocycles. The summed E-state index contributed by atoms with van der Waals surface area (Å²) in [6.07, 6.45) is 0. The first-order valence-electron chi connectivity index (χ1n) is 10.8. The van der Waals surface area contributed by atoms with Crippen LogP contribution in [0.4, 0.5) is 0 Å². The predicted molar refractivity (Wildman–Crippen MR) is 126 cm³/mol. The number of carbonyl (C=O) groups excluding carboxylic acids is 1. The average molecular weight is 471 g/mol. The second-order valence-corrected chi connectivity index (χ2v) is 10.5. The van der Waals surface area contributed by atoms with Crippen LogP contribution in [0.1, 0.15) is 39.3 Å². The Morgan fingerprint density at radius 3 is 2.24 bits per heavy atom. The molecule has 1 N–H and O–H groups in total. The smallest absolute Gasteiger partial charge is 0.247 e. The van der Waals surface area contributed by atoms with E-state index >= 15 is 0 Å². The molecular weight excluding hydrogens is 440 g/mol. The fourth-order valence-electron chi connectivity index (χ4n) is 3.24. The SMILES string of the molecule is CC(C)C(C(=O)NCc1ccc(S(=O)(=O)N(C)C(C)C)cc1)n1nnc(-c2ccccc2)n1. The lowest BCUT2D eigenvalue weighted by Crippen LogP contribution is -2.36. The maximum absolute atomic E-state index is 13.0. The van der Waals surface area contributed by atoms with Gasteiger partial charge in [-0.15, -0.1) is 10.2 Å². The number of hydrogen-bond acceptors (Lipinski definition) is 6. The lowest BCUT2D eigenvalue weighted by Gasteiger charge is -2.21. The van der Waals surface area contributed by atoms with E-state index in [2.05, 4.69) is 20.7 Å². The minimum atomic E-state index is -3.55. The van der Waals surface area contributed by atoms with Crippen molar-refractivity contribution in [1.82, 2.24) is 29.8 Å². The summed E-state index contributed by atoms with van der Waals surface area (Å²) in [6, 6.07) is 15.2. The number of rotatable bonds is 9. The van der Waals surface area contributed by atoms with Crippen LogP contribution in [-0.2, 0) is 21.4 Å². The van der Waals surface area contributed by atoms with Gasteiger partial charge in [-0.05, 0) is 42.7 Å². The van der Waals surface area contributed by atoms with E-state index in [4.69, 9.17) is 0 Å². The molecule has 10 heteroatoms.